The predicted octanol–water partition coefficient (Wildman–Crippen LogP) is 3.16. The summed E-state index contributed by atoms with van der Waals surface area (Å²) in [5, 5.41) is 3.08. The van der Waals surface area contributed by atoms with E-state index in [2.05, 4.69) is 5.32 Å². The van der Waals surface area contributed by atoms with E-state index in [4.69, 9.17) is 0 Å². The number of amides is 3. The molecule has 1 saturated heterocycles. The van der Waals surface area contributed by atoms with Gasteiger partial charge in [-0.2, -0.15) is 0 Å². The van der Waals surface area contributed by atoms with Crippen LogP contribution in [0.4, 0.5) is 13.6 Å². The number of rotatable bonds is 2. The van der Waals surface area contributed by atoms with Crippen molar-refractivity contribution in [2.75, 3.05) is 26.2 Å². The number of benzene rings is 1. The molecule has 0 radical (unpaired) electrons. The van der Waals surface area contributed by atoms with Crippen molar-refractivity contribution in [2.24, 2.45) is 0 Å². The van der Waals surface area contributed by atoms with Crippen molar-refractivity contribution in [1.82, 2.24) is 15.1 Å². The topological polar surface area (TPSA) is 52.7 Å². The summed E-state index contributed by atoms with van der Waals surface area (Å²) in [5.74, 6) is -1.90. The molecule has 26 heavy (non-hydrogen) atoms. The van der Waals surface area contributed by atoms with Crippen LogP contribution in [0.25, 0.3) is 0 Å². The summed E-state index contributed by atoms with van der Waals surface area (Å²) < 4.78 is 27.2. The number of carbonyl (C=O) groups is 2. The van der Waals surface area contributed by atoms with Gasteiger partial charge in [-0.05, 0) is 37.5 Å². The molecule has 0 spiro atoms. The third kappa shape index (κ3) is 4.51. The monoisotopic (exact) mass is 365 g/mol. The summed E-state index contributed by atoms with van der Waals surface area (Å²) in [6.07, 6.45) is 6.16. The number of halogens is 2. The number of nitrogens with zero attached hydrogens (tertiary/aromatic N) is 2. The van der Waals surface area contributed by atoms with Gasteiger partial charge < -0.3 is 15.1 Å². The van der Waals surface area contributed by atoms with E-state index in [9.17, 15) is 18.4 Å². The molecule has 0 unspecified atom stereocenters. The highest BCUT2D eigenvalue weighted by molar-refractivity contribution is 5.94. The average molecular weight is 365 g/mol. The molecule has 142 valence electrons. The van der Waals surface area contributed by atoms with Crippen LogP contribution in [0.2, 0.25) is 0 Å². The molecule has 3 amide bonds. The van der Waals surface area contributed by atoms with Crippen LogP contribution in [0.3, 0.4) is 0 Å². The number of hydrogen-bond donors (Lipinski definition) is 1. The second-order valence-corrected chi connectivity index (χ2v) is 7.04. The molecule has 2 fully saturated rings. The molecule has 1 N–H and O–H groups in total. The van der Waals surface area contributed by atoms with Crippen molar-refractivity contribution in [2.45, 2.75) is 44.6 Å². The van der Waals surface area contributed by atoms with Crippen molar-refractivity contribution >= 4 is 11.9 Å². The zero-order chi connectivity index (χ0) is 18.5. The van der Waals surface area contributed by atoms with Crippen LogP contribution in [0.15, 0.2) is 18.2 Å². The maximum Gasteiger partial charge on any atom is 0.317 e. The molecule has 3 rings (SSSR count). The first-order valence-corrected chi connectivity index (χ1v) is 9.34. The fourth-order valence-corrected chi connectivity index (χ4v) is 3.67. The lowest BCUT2D eigenvalue weighted by molar-refractivity contribution is 0.0757. The summed E-state index contributed by atoms with van der Waals surface area (Å²) >= 11 is 0. The summed E-state index contributed by atoms with van der Waals surface area (Å²) in [6, 6.07) is 3.02. The van der Waals surface area contributed by atoms with E-state index in [0.717, 1.165) is 43.9 Å². The first-order valence-electron chi connectivity index (χ1n) is 9.34. The van der Waals surface area contributed by atoms with Gasteiger partial charge in [0.2, 0.25) is 0 Å². The number of hydrogen-bond acceptors (Lipinski definition) is 2. The highest BCUT2D eigenvalue weighted by atomic mass is 19.1. The smallest absolute Gasteiger partial charge is 0.317 e. The quantitative estimate of drug-likeness (QED) is 0.875. The second-order valence-electron chi connectivity index (χ2n) is 7.04. The first-order chi connectivity index (χ1) is 12.5. The largest absolute Gasteiger partial charge is 0.337 e. The third-order valence-corrected chi connectivity index (χ3v) is 5.16. The van der Waals surface area contributed by atoms with E-state index < -0.39 is 17.5 Å². The number of carbonyl (C=O) groups excluding carboxylic acids is 2. The van der Waals surface area contributed by atoms with Crippen LogP contribution >= 0.6 is 0 Å². The Morgan fingerprint density at radius 2 is 1.62 bits per heavy atom. The molecular weight excluding hydrogens is 340 g/mol. The summed E-state index contributed by atoms with van der Waals surface area (Å²) in [7, 11) is 0. The highest BCUT2D eigenvalue weighted by Crippen LogP contribution is 2.18. The summed E-state index contributed by atoms with van der Waals surface area (Å²) in [4.78, 5) is 28.2. The van der Waals surface area contributed by atoms with Crippen molar-refractivity contribution in [3.8, 4) is 0 Å². The molecule has 1 aromatic carbocycles. The molecule has 1 heterocycles. The maximum atomic E-state index is 13.9. The predicted molar refractivity (Wildman–Crippen MR) is 93.9 cm³/mol. The van der Waals surface area contributed by atoms with Gasteiger partial charge in [0.15, 0.2) is 0 Å². The van der Waals surface area contributed by atoms with E-state index in [1.807, 2.05) is 0 Å². The number of urea groups is 1. The average Bonchev–Trinajstić information content (AvgIpc) is 2.90. The fourth-order valence-electron chi connectivity index (χ4n) is 3.67. The standard InChI is InChI=1S/C19H25F2N3O2/c20-14-7-8-17(21)16(13-14)18(25)23-9-4-10-24(12-11-23)19(26)22-15-5-2-1-3-6-15/h7-8,13,15H,1-6,9-12H2,(H,22,26). The Morgan fingerprint density at radius 3 is 2.38 bits per heavy atom. The van der Waals surface area contributed by atoms with E-state index >= 15 is 0 Å². The Hall–Kier alpha value is -2.18. The lowest BCUT2D eigenvalue weighted by Gasteiger charge is -2.27. The second kappa shape index (κ2) is 8.47. The molecule has 0 atom stereocenters. The van der Waals surface area contributed by atoms with Crippen LogP contribution in [-0.4, -0.2) is 54.0 Å². The van der Waals surface area contributed by atoms with Crippen LogP contribution in [0.5, 0.6) is 0 Å². The van der Waals surface area contributed by atoms with Crippen molar-refractivity contribution < 1.29 is 18.4 Å². The SMILES string of the molecule is O=C(NC1CCCCC1)N1CCCN(C(=O)c2cc(F)ccc2F)CC1. The van der Waals surface area contributed by atoms with Gasteiger partial charge in [0.25, 0.3) is 5.91 Å². The van der Waals surface area contributed by atoms with Gasteiger partial charge in [-0.3, -0.25) is 4.79 Å². The maximum absolute atomic E-state index is 13.9. The Kier molecular flexibility index (Phi) is 6.06. The van der Waals surface area contributed by atoms with E-state index in [1.165, 1.54) is 11.3 Å². The molecular formula is C19H25F2N3O2. The normalized spacial score (nSPS) is 19.2. The van der Waals surface area contributed by atoms with Crippen LogP contribution in [-0.2, 0) is 0 Å². The lowest BCUT2D eigenvalue weighted by Crippen LogP contribution is -2.47. The molecule has 5 nitrogen and oxygen atoms in total. The Balaban J connectivity index is 1.58. The van der Waals surface area contributed by atoms with Crippen molar-refractivity contribution in [3.63, 3.8) is 0 Å². The van der Waals surface area contributed by atoms with E-state index in [1.54, 1.807) is 4.90 Å². The third-order valence-electron chi connectivity index (χ3n) is 5.16. The summed E-state index contributed by atoms with van der Waals surface area (Å²) in [5.41, 5.74) is -0.259. The van der Waals surface area contributed by atoms with Crippen molar-refractivity contribution in [3.05, 3.63) is 35.4 Å². The van der Waals surface area contributed by atoms with E-state index in [-0.39, 0.29) is 17.6 Å². The molecule has 0 bridgehead atoms. The van der Waals surface area contributed by atoms with Crippen LogP contribution in [0.1, 0.15) is 48.9 Å². The molecule has 1 aliphatic heterocycles. The Morgan fingerprint density at radius 1 is 0.923 bits per heavy atom. The number of nitrogens with one attached hydrogen (secondary N) is 1. The first kappa shape index (κ1) is 18.6. The van der Waals surface area contributed by atoms with Gasteiger partial charge in [0.05, 0.1) is 5.56 Å². The van der Waals surface area contributed by atoms with Crippen LogP contribution in [0, 0.1) is 11.6 Å². The Bertz CT molecular complexity index is 662. The Labute approximate surface area is 152 Å². The van der Waals surface area contributed by atoms with Gasteiger partial charge in [0, 0.05) is 32.2 Å². The minimum atomic E-state index is -0.729. The van der Waals surface area contributed by atoms with E-state index in [0.29, 0.717) is 32.6 Å². The minimum absolute atomic E-state index is 0.0943. The molecule has 2 aliphatic rings. The minimum Gasteiger partial charge on any atom is -0.337 e. The molecule has 1 aromatic rings. The van der Waals surface area contributed by atoms with Gasteiger partial charge in [-0.1, -0.05) is 19.3 Å². The van der Waals surface area contributed by atoms with Gasteiger partial charge in [-0.25, -0.2) is 13.6 Å². The zero-order valence-corrected chi connectivity index (χ0v) is 14.8. The highest BCUT2D eigenvalue weighted by Gasteiger charge is 2.26. The zero-order valence-electron chi connectivity index (χ0n) is 14.8. The molecule has 1 saturated carbocycles. The lowest BCUT2D eigenvalue weighted by atomic mass is 9.96. The van der Waals surface area contributed by atoms with Crippen molar-refractivity contribution in [1.29, 1.82) is 0 Å². The summed E-state index contributed by atoms with van der Waals surface area (Å²) in [6.45, 7) is 1.67. The van der Waals surface area contributed by atoms with Gasteiger partial charge in [-0.15, -0.1) is 0 Å². The van der Waals surface area contributed by atoms with Crippen LogP contribution < -0.4 is 5.32 Å². The fraction of sp³-hybridized carbons (Fsp3) is 0.579. The van der Waals surface area contributed by atoms with Gasteiger partial charge in [0.1, 0.15) is 11.6 Å². The van der Waals surface area contributed by atoms with Gasteiger partial charge >= 0.3 is 6.03 Å². The molecule has 1 aliphatic carbocycles. The molecule has 0 aromatic heterocycles. The molecule has 7 heteroatoms.